The van der Waals surface area contributed by atoms with Crippen molar-refractivity contribution in [3.8, 4) is 17.2 Å². The Morgan fingerprint density at radius 2 is 1.89 bits per heavy atom. The van der Waals surface area contributed by atoms with Crippen molar-refractivity contribution in [2.75, 3.05) is 21.3 Å². The van der Waals surface area contributed by atoms with Crippen molar-refractivity contribution in [3.63, 3.8) is 0 Å². The molecule has 0 amide bonds. The van der Waals surface area contributed by atoms with Gasteiger partial charge in [0.25, 0.3) is 0 Å². The SMILES string of the molecule is COc1cc(OC)c(OC)c2c1CCC2C(=O)O. The quantitative estimate of drug-likeness (QED) is 0.885. The van der Waals surface area contributed by atoms with Crippen molar-refractivity contribution in [2.24, 2.45) is 0 Å². The van der Waals surface area contributed by atoms with Crippen LogP contribution < -0.4 is 14.2 Å². The normalized spacial score (nSPS) is 17.2. The first kappa shape index (κ1) is 12.5. The van der Waals surface area contributed by atoms with Crippen LogP contribution in [0.1, 0.15) is 23.5 Å². The summed E-state index contributed by atoms with van der Waals surface area (Å²) in [5.74, 6) is 0.257. The molecular formula is C13H16O5. The van der Waals surface area contributed by atoms with E-state index in [0.29, 0.717) is 35.7 Å². The zero-order chi connectivity index (χ0) is 13.3. The summed E-state index contributed by atoms with van der Waals surface area (Å²) in [4.78, 5) is 11.3. The molecule has 1 aliphatic rings. The van der Waals surface area contributed by atoms with Gasteiger partial charge in [-0.05, 0) is 12.8 Å². The molecule has 1 aliphatic carbocycles. The van der Waals surface area contributed by atoms with Crippen LogP contribution in [0, 0.1) is 0 Å². The lowest BCUT2D eigenvalue weighted by Gasteiger charge is -2.17. The summed E-state index contributed by atoms with van der Waals surface area (Å²) in [5, 5.41) is 9.27. The Labute approximate surface area is 105 Å². The summed E-state index contributed by atoms with van der Waals surface area (Å²) >= 11 is 0. The number of carboxylic acid groups (broad SMARTS) is 1. The van der Waals surface area contributed by atoms with Gasteiger partial charge in [0.15, 0.2) is 11.5 Å². The third-order valence-electron chi connectivity index (χ3n) is 3.33. The Kier molecular flexibility index (Phi) is 3.32. The lowest BCUT2D eigenvalue weighted by atomic mass is 9.99. The third kappa shape index (κ3) is 1.75. The Morgan fingerprint density at radius 1 is 1.22 bits per heavy atom. The molecule has 0 radical (unpaired) electrons. The van der Waals surface area contributed by atoms with Gasteiger partial charge in [-0.3, -0.25) is 4.79 Å². The van der Waals surface area contributed by atoms with Gasteiger partial charge in [-0.2, -0.15) is 0 Å². The summed E-state index contributed by atoms with van der Waals surface area (Å²) in [7, 11) is 4.60. The van der Waals surface area contributed by atoms with E-state index in [1.165, 1.54) is 14.2 Å². The van der Waals surface area contributed by atoms with Crippen molar-refractivity contribution in [3.05, 3.63) is 17.2 Å². The molecule has 1 N–H and O–H groups in total. The van der Waals surface area contributed by atoms with Gasteiger partial charge in [0.2, 0.25) is 0 Å². The van der Waals surface area contributed by atoms with Gasteiger partial charge in [-0.1, -0.05) is 0 Å². The molecule has 1 aromatic carbocycles. The van der Waals surface area contributed by atoms with E-state index in [1.54, 1.807) is 13.2 Å². The summed E-state index contributed by atoms with van der Waals surface area (Å²) in [6.45, 7) is 0. The minimum atomic E-state index is -0.845. The van der Waals surface area contributed by atoms with Crippen LogP contribution >= 0.6 is 0 Å². The highest BCUT2D eigenvalue weighted by atomic mass is 16.5. The standard InChI is InChI=1S/C13H16O5/c1-16-9-6-10(17-2)12(18-3)11-7(9)4-5-8(11)13(14)15/h6,8H,4-5H2,1-3H3,(H,14,15). The van der Waals surface area contributed by atoms with Crippen LogP contribution in [0.5, 0.6) is 17.2 Å². The number of hydrogen-bond acceptors (Lipinski definition) is 4. The lowest BCUT2D eigenvalue weighted by Crippen LogP contribution is -2.10. The average molecular weight is 252 g/mol. The van der Waals surface area contributed by atoms with Crippen LogP contribution in [0.2, 0.25) is 0 Å². The predicted octanol–water partition coefficient (Wildman–Crippen LogP) is 1.83. The summed E-state index contributed by atoms with van der Waals surface area (Å²) < 4.78 is 15.8. The number of hydrogen-bond donors (Lipinski definition) is 1. The van der Waals surface area contributed by atoms with E-state index in [-0.39, 0.29) is 0 Å². The molecule has 1 atom stereocenters. The van der Waals surface area contributed by atoms with Crippen molar-refractivity contribution < 1.29 is 24.1 Å². The second-order valence-corrected chi connectivity index (χ2v) is 4.14. The molecule has 0 spiro atoms. The Hall–Kier alpha value is -1.91. The number of rotatable bonds is 4. The van der Waals surface area contributed by atoms with Crippen molar-refractivity contribution >= 4 is 5.97 Å². The van der Waals surface area contributed by atoms with Gasteiger partial charge in [-0.25, -0.2) is 0 Å². The maximum atomic E-state index is 11.3. The predicted molar refractivity (Wildman–Crippen MR) is 64.8 cm³/mol. The number of fused-ring (bicyclic) bond motifs is 1. The van der Waals surface area contributed by atoms with E-state index >= 15 is 0 Å². The zero-order valence-corrected chi connectivity index (χ0v) is 10.6. The molecule has 5 heteroatoms. The first-order chi connectivity index (χ1) is 8.63. The highest BCUT2D eigenvalue weighted by Gasteiger charge is 2.35. The second-order valence-electron chi connectivity index (χ2n) is 4.14. The largest absolute Gasteiger partial charge is 0.496 e. The fourth-order valence-electron chi connectivity index (χ4n) is 2.52. The number of benzene rings is 1. The monoisotopic (exact) mass is 252 g/mol. The van der Waals surface area contributed by atoms with Gasteiger partial charge in [0.05, 0.1) is 27.2 Å². The number of ether oxygens (including phenoxy) is 3. The van der Waals surface area contributed by atoms with Gasteiger partial charge in [-0.15, -0.1) is 0 Å². The minimum Gasteiger partial charge on any atom is -0.496 e. The van der Waals surface area contributed by atoms with Crippen LogP contribution in [0.4, 0.5) is 0 Å². The van der Waals surface area contributed by atoms with Gasteiger partial charge in [0, 0.05) is 17.2 Å². The smallest absolute Gasteiger partial charge is 0.311 e. The first-order valence-corrected chi connectivity index (χ1v) is 5.68. The lowest BCUT2D eigenvalue weighted by molar-refractivity contribution is -0.138. The van der Waals surface area contributed by atoms with Crippen LogP contribution in [-0.4, -0.2) is 32.4 Å². The molecule has 18 heavy (non-hydrogen) atoms. The maximum absolute atomic E-state index is 11.3. The molecule has 98 valence electrons. The van der Waals surface area contributed by atoms with E-state index in [0.717, 1.165) is 5.56 Å². The van der Waals surface area contributed by atoms with Gasteiger partial charge >= 0.3 is 5.97 Å². The van der Waals surface area contributed by atoms with E-state index in [9.17, 15) is 9.90 Å². The van der Waals surface area contributed by atoms with Crippen LogP contribution in [-0.2, 0) is 11.2 Å². The maximum Gasteiger partial charge on any atom is 0.311 e. The first-order valence-electron chi connectivity index (χ1n) is 5.68. The molecule has 0 bridgehead atoms. The summed E-state index contributed by atoms with van der Waals surface area (Å²) in [6.07, 6.45) is 1.24. The highest BCUT2D eigenvalue weighted by molar-refractivity contribution is 5.81. The fourth-order valence-corrected chi connectivity index (χ4v) is 2.52. The molecule has 0 saturated heterocycles. The molecule has 1 aromatic rings. The zero-order valence-electron chi connectivity index (χ0n) is 10.6. The van der Waals surface area contributed by atoms with Crippen molar-refractivity contribution in [2.45, 2.75) is 18.8 Å². The van der Waals surface area contributed by atoms with Gasteiger partial charge < -0.3 is 19.3 Å². The molecule has 2 rings (SSSR count). The molecular weight excluding hydrogens is 236 g/mol. The van der Waals surface area contributed by atoms with Crippen LogP contribution in [0.3, 0.4) is 0 Å². The molecule has 0 heterocycles. The van der Waals surface area contributed by atoms with Crippen molar-refractivity contribution in [1.29, 1.82) is 0 Å². The average Bonchev–Trinajstić information content (AvgIpc) is 2.81. The summed E-state index contributed by atoms with van der Waals surface area (Å²) in [5.41, 5.74) is 1.59. The van der Waals surface area contributed by atoms with E-state index in [1.807, 2.05) is 0 Å². The molecule has 5 nitrogen and oxygen atoms in total. The van der Waals surface area contributed by atoms with E-state index in [4.69, 9.17) is 14.2 Å². The van der Waals surface area contributed by atoms with Crippen LogP contribution in [0.25, 0.3) is 0 Å². The molecule has 0 aromatic heterocycles. The third-order valence-corrected chi connectivity index (χ3v) is 3.33. The van der Waals surface area contributed by atoms with Crippen LogP contribution in [0.15, 0.2) is 6.07 Å². The topological polar surface area (TPSA) is 65.0 Å². The molecule has 0 fully saturated rings. The Bertz CT molecular complexity index is 481. The molecule has 0 saturated carbocycles. The molecule has 0 aliphatic heterocycles. The Balaban J connectivity index is 2.67. The number of carboxylic acids is 1. The number of methoxy groups -OCH3 is 3. The fraction of sp³-hybridized carbons (Fsp3) is 0.462. The highest BCUT2D eigenvalue weighted by Crippen LogP contribution is 2.48. The summed E-state index contributed by atoms with van der Waals surface area (Å²) in [6, 6.07) is 1.74. The molecule has 1 unspecified atom stereocenters. The van der Waals surface area contributed by atoms with E-state index in [2.05, 4.69) is 0 Å². The minimum absolute atomic E-state index is 0.498. The van der Waals surface area contributed by atoms with E-state index < -0.39 is 11.9 Å². The Morgan fingerprint density at radius 3 is 2.39 bits per heavy atom. The van der Waals surface area contributed by atoms with Crippen molar-refractivity contribution in [1.82, 2.24) is 0 Å². The second kappa shape index (κ2) is 4.76. The number of aliphatic carboxylic acids is 1. The van der Waals surface area contributed by atoms with Gasteiger partial charge in [0.1, 0.15) is 5.75 Å². The number of carbonyl (C=O) groups is 1.